The van der Waals surface area contributed by atoms with Gasteiger partial charge >= 0.3 is 0 Å². The minimum Gasteiger partial charge on any atom is -0.511 e. The van der Waals surface area contributed by atoms with Gasteiger partial charge in [0.2, 0.25) is 0 Å². The van der Waals surface area contributed by atoms with E-state index in [1.807, 2.05) is 24.3 Å². The largest absolute Gasteiger partial charge is 0.511 e. The van der Waals surface area contributed by atoms with Gasteiger partial charge in [-0.2, -0.15) is 0 Å². The van der Waals surface area contributed by atoms with Crippen molar-refractivity contribution in [1.29, 1.82) is 0 Å². The molecule has 0 bridgehead atoms. The highest BCUT2D eigenvalue weighted by Gasteiger charge is 2.30. The molecule has 182 valence electrons. The number of β-amino-alcohol motifs (C(OH)–C–C–N with tert-alkyl or cyclic N) is 1. The minimum atomic E-state index is -0.0640. The minimum absolute atomic E-state index is 0.0443. The Morgan fingerprint density at radius 3 is 2.09 bits per heavy atom. The van der Waals surface area contributed by atoms with Crippen molar-refractivity contribution in [2.75, 3.05) is 52.4 Å². The van der Waals surface area contributed by atoms with Crippen LogP contribution in [-0.4, -0.2) is 84.4 Å². The van der Waals surface area contributed by atoms with Crippen molar-refractivity contribution >= 4 is 33.5 Å². The number of ketones is 1. The molecule has 1 aliphatic carbocycles. The molecule has 3 aromatic carbocycles. The number of carbonyl (C=O) groups excluding carboxylic acids is 1. The maximum absolute atomic E-state index is 13.1. The van der Waals surface area contributed by atoms with Gasteiger partial charge in [0.25, 0.3) is 0 Å². The zero-order chi connectivity index (χ0) is 24.2. The molecule has 3 aromatic rings. The normalized spacial score (nSPS) is 20.5. The monoisotopic (exact) mass is 471 g/mol. The molecule has 5 rings (SSSR count). The van der Waals surface area contributed by atoms with Crippen LogP contribution in [0.3, 0.4) is 0 Å². The van der Waals surface area contributed by atoms with Gasteiger partial charge in [0.05, 0.1) is 18.7 Å². The first-order valence-corrected chi connectivity index (χ1v) is 12.5. The van der Waals surface area contributed by atoms with Gasteiger partial charge in [0, 0.05) is 58.3 Å². The van der Waals surface area contributed by atoms with Crippen molar-refractivity contribution < 1.29 is 15.0 Å². The molecule has 35 heavy (non-hydrogen) atoms. The molecule has 1 unspecified atom stereocenters. The van der Waals surface area contributed by atoms with Crippen molar-refractivity contribution in [3.8, 4) is 0 Å². The van der Waals surface area contributed by atoms with E-state index in [9.17, 15) is 9.90 Å². The van der Waals surface area contributed by atoms with E-state index < -0.39 is 0 Å². The highest BCUT2D eigenvalue weighted by atomic mass is 16.3. The summed E-state index contributed by atoms with van der Waals surface area (Å²) in [6.07, 6.45) is 2.39. The number of benzene rings is 3. The fourth-order valence-corrected chi connectivity index (χ4v) is 5.48. The highest BCUT2D eigenvalue weighted by molar-refractivity contribution is 6.15. The number of hydrogen-bond donors (Lipinski definition) is 2. The van der Waals surface area contributed by atoms with E-state index in [2.05, 4.69) is 45.1 Å². The maximum Gasteiger partial charge on any atom is 0.168 e. The molecule has 6 heteroatoms. The Morgan fingerprint density at radius 2 is 1.49 bits per heavy atom. The third-order valence-corrected chi connectivity index (χ3v) is 7.35. The number of rotatable bonds is 7. The average Bonchev–Trinajstić information content (AvgIpc) is 2.87. The first-order valence-electron chi connectivity index (χ1n) is 12.5. The number of aliphatic imine (C=N–C) groups is 1. The summed E-state index contributed by atoms with van der Waals surface area (Å²) >= 11 is 0. The summed E-state index contributed by atoms with van der Waals surface area (Å²) in [6.45, 7) is 6.20. The zero-order valence-electron chi connectivity index (χ0n) is 20.1. The van der Waals surface area contributed by atoms with E-state index in [0.717, 1.165) is 66.4 Å². The van der Waals surface area contributed by atoms with E-state index in [1.165, 1.54) is 0 Å². The lowest BCUT2D eigenvalue weighted by atomic mass is 9.79. The molecule has 1 heterocycles. The first kappa shape index (κ1) is 23.7. The topological polar surface area (TPSA) is 76.4 Å². The fraction of sp³-hybridized carbons (Fsp3) is 0.379. The Morgan fingerprint density at radius 1 is 0.886 bits per heavy atom. The number of carbonyl (C=O) groups is 1. The number of fused-ring (bicyclic) bond motifs is 2. The molecule has 1 fully saturated rings. The Balaban J connectivity index is 1.30. The molecule has 2 aliphatic rings. The van der Waals surface area contributed by atoms with Crippen LogP contribution in [0.4, 0.5) is 0 Å². The molecular weight excluding hydrogens is 438 g/mol. The molecule has 0 saturated carbocycles. The van der Waals surface area contributed by atoms with Crippen LogP contribution in [0.1, 0.15) is 24.3 Å². The lowest BCUT2D eigenvalue weighted by molar-refractivity contribution is -0.116. The van der Waals surface area contributed by atoms with E-state index >= 15 is 0 Å². The van der Waals surface area contributed by atoms with Crippen LogP contribution in [0.2, 0.25) is 0 Å². The third kappa shape index (κ3) is 5.15. The number of allylic oxidation sites excluding steroid dienone is 2. The standard InChI is InChI=1S/C29H33N3O3/c33-16-15-32-13-11-31(12-14-32)10-9-30-20-26-27(34)18-23(19-28(26)35)29-24-7-3-1-5-21(24)17-22-6-2-4-8-25(22)29/h1-8,17,20,23,33-34H,9-16,18-19H2. The molecule has 0 aromatic heterocycles. The molecule has 6 nitrogen and oxygen atoms in total. The summed E-state index contributed by atoms with van der Waals surface area (Å²) in [5.74, 6) is 0.0348. The van der Waals surface area contributed by atoms with Gasteiger partial charge in [0.15, 0.2) is 5.78 Å². The summed E-state index contributed by atoms with van der Waals surface area (Å²) < 4.78 is 0. The third-order valence-electron chi connectivity index (χ3n) is 7.35. The van der Waals surface area contributed by atoms with Gasteiger partial charge < -0.3 is 10.2 Å². The van der Waals surface area contributed by atoms with Gasteiger partial charge in [-0.25, -0.2) is 0 Å². The summed E-state index contributed by atoms with van der Waals surface area (Å²) in [5, 5.41) is 24.5. The fourth-order valence-electron chi connectivity index (χ4n) is 5.48. The summed E-state index contributed by atoms with van der Waals surface area (Å²) in [5.41, 5.74) is 1.51. The second-order valence-electron chi connectivity index (χ2n) is 9.56. The molecule has 0 radical (unpaired) electrons. The van der Waals surface area contributed by atoms with Crippen molar-refractivity contribution in [2.24, 2.45) is 4.99 Å². The molecule has 1 saturated heterocycles. The van der Waals surface area contributed by atoms with Crippen molar-refractivity contribution in [1.82, 2.24) is 9.80 Å². The Bertz CT molecular complexity index is 1220. The lowest BCUT2D eigenvalue weighted by Gasteiger charge is -2.33. The number of piperazine rings is 1. The highest BCUT2D eigenvalue weighted by Crippen LogP contribution is 2.40. The Labute approximate surface area is 206 Å². The van der Waals surface area contributed by atoms with E-state index in [0.29, 0.717) is 25.0 Å². The number of Topliss-reactive ketones (excluding diaryl/α,β-unsaturated/α-hetero) is 1. The van der Waals surface area contributed by atoms with Crippen LogP contribution in [0.5, 0.6) is 0 Å². The van der Waals surface area contributed by atoms with Gasteiger partial charge in [-0.1, -0.05) is 48.5 Å². The predicted molar refractivity (Wildman–Crippen MR) is 141 cm³/mol. The van der Waals surface area contributed by atoms with Gasteiger partial charge in [-0.15, -0.1) is 0 Å². The number of aliphatic hydroxyl groups is 2. The smallest absolute Gasteiger partial charge is 0.168 e. The number of nitrogens with zero attached hydrogens (tertiary/aromatic N) is 3. The molecule has 1 atom stereocenters. The number of aliphatic hydroxyl groups excluding tert-OH is 2. The van der Waals surface area contributed by atoms with Crippen molar-refractivity contribution in [3.05, 3.63) is 71.5 Å². The van der Waals surface area contributed by atoms with E-state index in [1.54, 1.807) is 6.21 Å². The molecular formula is C29H33N3O3. The summed E-state index contributed by atoms with van der Waals surface area (Å²) in [4.78, 5) is 22.2. The molecule has 2 N–H and O–H groups in total. The quantitative estimate of drug-likeness (QED) is 0.403. The average molecular weight is 472 g/mol. The number of hydrogen-bond acceptors (Lipinski definition) is 6. The van der Waals surface area contributed by atoms with Gasteiger partial charge in [-0.3, -0.25) is 19.6 Å². The second kappa shape index (κ2) is 10.7. The van der Waals surface area contributed by atoms with E-state index in [-0.39, 0.29) is 24.1 Å². The van der Waals surface area contributed by atoms with Crippen LogP contribution in [0.15, 0.2) is 70.9 Å². The first-order chi connectivity index (χ1) is 17.1. The second-order valence-corrected chi connectivity index (χ2v) is 9.56. The van der Waals surface area contributed by atoms with Crippen molar-refractivity contribution in [2.45, 2.75) is 18.8 Å². The van der Waals surface area contributed by atoms with Crippen LogP contribution in [0.25, 0.3) is 21.5 Å². The van der Waals surface area contributed by atoms with Crippen LogP contribution in [-0.2, 0) is 4.79 Å². The van der Waals surface area contributed by atoms with Crippen molar-refractivity contribution in [3.63, 3.8) is 0 Å². The lowest BCUT2D eigenvalue weighted by Crippen LogP contribution is -2.47. The molecule has 0 spiro atoms. The van der Waals surface area contributed by atoms with Crippen LogP contribution in [0, 0.1) is 0 Å². The van der Waals surface area contributed by atoms with Crippen LogP contribution < -0.4 is 0 Å². The molecule has 0 amide bonds. The predicted octanol–water partition coefficient (Wildman–Crippen LogP) is 3.93. The van der Waals surface area contributed by atoms with E-state index in [4.69, 9.17) is 5.11 Å². The Kier molecular flexibility index (Phi) is 7.23. The molecule has 1 aliphatic heterocycles. The van der Waals surface area contributed by atoms with Crippen LogP contribution >= 0.6 is 0 Å². The van der Waals surface area contributed by atoms with Gasteiger partial charge in [0.1, 0.15) is 5.76 Å². The SMILES string of the molecule is O=C1CC(c2c3ccccc3cc3ccccc23)CC(O)=C1C=NCCN1CCN(CCO)CC1. The summed E-state index contributed by atoms with van der Waals surface area (Å²) in [6, 6.07) is 18.8. The Hall–Kier alpha value is -3.06. The summed E-state index contributed by atoms with van der Waals surface area (Å²) in [7, 11) is 0. The zero-order valence-corrected chi connectivity index (χ0v) is 20.1. The van der Waals surface area contributed by atoms with Gasteiger partial charge in [-0.05, 0) is 39.1 Å². The maximum atomic E-state index is 13.1.